The SMILES string of the molecule is O=C1NC(=S)N(c2cccc3ccccc23)C(=O)/C1=C/c1ccc2c(c1)OCO2. The van der Waals surface area contributed by atoms with E-state index in [0.717, 1.165) is 10.8 Å². The van der Waals surface area contributed by atoms with E-state index in [0.29, 0.717) is 22.7 Å². The number of ether oxygens (including phenoxy) is 2. The minimum absolute atomic E-state index is 0.00889. The first kappa shape index (κ1) is 17.4. The summed E-state index contributed by atoms with van der Waals surface area (Å²) in [6.45, 7) is 0.151. The summed E-state index contributed by atoms with van der Waals surface area (Å²) in [6.07, 6.45) is 1.53. The maximum Gasteiger partial charge on any atom is 0.270 e. The molecule has 1 N–H and O–H groups in total. The number of fused-ring (bicyclic) bond motifs is 2. The molecule has 6 nitrogen and oxygen atoms in total. The molecule has 0 unspecified atom stereocenters. The van der Waals surface area contributed by atoms with Crippen LogP contribution in [0.2, 0.25) is 0 Å². The fourth-order valence-corrected chi connectivity index (χ4v) is 3.72. The molecular weight excluding hydrogens is 388 g/mol. The first-order valence-corrected chi connectivity index (χ1v) is 9.31. The van der Waals surface area contributed by atoms with E-state index in [1.807, 2.05) is 42.5 Å². The molecule has 2 aliphatic rings. The van der Waals surface area contributed by atoms with Crippen molar-refractivity contribution in [3.63, 3.8) is 0 Å². The Labute approximate surface area is 171 Å². The molecule has 0 aromatic heterocycles. The lowest BCUT2D eigenvalue weighted by Gasteiger charge is -2.29. The van der Waals surface area contributed by atoms with Crippen molar-refractivity contribution in [1.82, 2.24) is 5.32 Å². The Balaban J connectivity index is 1.59. The monoisotopic (exact) mass is 402 g/mol. The van der Waals surface area contributed by atoms with Gasteiger partial charge in [-0.3, -0.25) is 19.8 Å². The van der Waals surface area contributed by atoms with Gasteiger partial charge in [0.25, 0.3) is 11.8 Å². The van der Waals surface area contributed by atoms with Gasteiger partial charge in [0.15, 0.2) is 16.6 Å². The Hall–Kier alpha value is -3.71. The van der Waals surface area contributed by atoms with Crippen molar-refractivity contribution in [3.8, 4) is 11.5 Å². The molecule has 0 aliphatic carbocycles. The Kier molecular flexibility index (Phi) is 4.03. The van der Waals surface area contributed by atoms with Gasteiger partial charge in [-0.1, -0.05) is 42.5 Å². The van der Waals surface area contributed by atoms with Gasteiger partial charge < -0.3 is 9.47 Å². The van der Waals surface area contributed by atoms with Crippen LogP contribution in [0, 0.1) is 0 Å². The van der Waals surface area contributed by atoms with Gasteiger partial charge in [-0.2, -0.15) is 0 Å². The lowest BCUT2D eigenvalue weighted by atomic mass is 10.0. The van der Waals surface area contributed by atoms with Gasteiger partial charge in [-0.05, 0) is 47.4 Å². The quantitative estimate of drug-likeness (QED) is 0.404. The third kappa shape index (κ3) is 2.92. The molecule has 0 bridgehead atoms. The first-order chi connectivity index (χ1) is 14.1. The molecular formula is C22H14N2O4S. The van der Waals surface area contributed by atoms with E-state index in [-0.39, 0.29) is 17.5 Å². The molecule has 2 amide bonds. The summed E-state index contributed by atoms with van der Waals surface area (Å²) >= 11 is 5.32. The molecule has 2 aliphatic heterocycles. The smallest absolute Gasteiger partial charge is 0.270 e. The van der Waals surface area contributed by atoms with Crippen LogP contribution in [0.15, 0.2) is 66.2 Å². The van der Waals surface area contributed by atoms with E-state index in [1.165, 1.54) is 11.0 Å². The zero-order chi connectivity index (χ0) is 20.0. The number of amides is 2. The van der Waals surface area contributed by atoms with Crippen molar-refractivity contribution in [3.05, 3.63) is 71.8 Å². The van der Waals surface area contributed by atoms with Gasteiger partial charge in [0, 0.05) is 5.39 Å². The second kappa shape index (κ2) is 6.72. The number of anilines is 1. The second-order valence-electron chi connectivity index (χ2n) is 6.57. The third-order valence-electron chi connectivity index (χ3n) is 4.82. The number of benzene rings is 3. The third-order valence-corrected chi connectivity index (χ3v) is 5.10. The van der Waals surface area contributed by atoms with Crippen LogP contribution < -0.4 is 19.7 Å². The van der Waals surface area contributed by atoms with Crippen molar-refractivity contribution in [2.75, 3.05) is 11.7 Å². The molecule has 5 rings (SSSR count). The van der Waals surface area contributed by atoms with E-state index < -0.39 is 11.8 Å². The number of carbonyl (C=O) groups excluding carboxylic acids is 2. The molecule has 7 heteroatoms. The van der Waals surface area contributed by atoms with E-state index >= 15 is 0 Å². The number of carbonyl (C=O) groups is 2. The van der Waals surface area contributed by atoms with Crippen molar-refractivity contribution in [2.24, 2.45) is 0 Å². The van der Waals surface area contributed by atoms with Crippen molar-refractivity contribution in [1.29, 1.82) is 0 Å². The molecule has 2 heterocycles. The molecule has 1 fully saturated rings. The van der Waals surface area contributed by atoms with Crippen LogP contribution in [-0.2, 0) is 9.59 Å². The fourth-order valence-electron chi connectivity index (χ4n) is 3.45. The maximum atomic E-state index is 13.3. The van der Waals surface area contributed by atoms with Gasteiger partial charge in [0.2, 0.25) is 6.79 Å². The topological polar surface area (TPSA) is 67.9 Å². The number of hydrogen-bond donors (Lipinski definition) is 1. The average molecular weight is 402 g/mol. The van der Waals surface area contributed by atoms with Gasteiger partial charge in [-0.25, -0.2) is 0 Å². The van der Waals surface area contributed by atoms with Crippen LogP contribution >= 0.6 is 12.2 Å². The molecule has 3 aromatic rings. The Bertz CT molecular complexity index is 1230. The fraction of sp³-hybridized carbons (Fsp3) is 0.0455. The standard InChI is InChI=1S/C22H14N2O4S/c25-20-16(10-13-8-9-18-19(11-13)28-12-27-18)21(26)24(22(29)23-20)17-7-3-5-14-4-1-2-6-15(14)17/h1-11H,12H2,(H,23,25,29)/b16-10+. The predicted molar refractivity (Wildman–Crippen MR) is 113 cm³/mol. The number of nitrogens with one attached hydrogen (secondary N) is 1. The molecule has 0 spiro atoms. The van der Waals surface area contributed by atoms with Crippen LogP contribution in [0.5, 0.6) is 11.5 Å². The van der Waals surface area contributed by atoms with Crippen molar-refractivity contribution < 1.29 is 19.1 Å². The number of rotatable bonds is 2. The molecule has 3 aromatic carbocycles. The van der Waals surface area contributed by atoms with Gasteiger partial charge in [0.1, 0.15) is 5.57 Å². The molecule has 0 saturated carbocycles. The molecule has 1 saturated heterocycles. The predicted octanol–water partition coefficient (Wildman–Crippen LogP) is 3.40. The maximum absolute atomic E-state index is 13.3. The van der Waals surface area contributed by atoms with Crippen LogP contribution in [0.1, 0.15) is 5.56 Å². The largest absolute Gasteiger partial charge is 0.454 e. The van der Waals surface area contributed by atoms with E-state index in [1.54, 1.807) is 18.2 Å². The summed E-state index contributed by atoms with van der Waals surface area (Å²) in [4.78, 5) is 27.2. The summed E-state index contributed by atoms with van der Waals surface area (Å²) < 4.78 is 10.7. The average Bonchev–Trinajstić information content (AvgIpc) is 3.19. The van der Waals surface area contributed by atoms with Crippen molar-refractivity contribution >= 4 is 51.7 Å². The zero-order valence-electron chi connectivity index (χ0n) is 15.0. The van der Waals surface area contributed by atoms with Gasteiger partial charge >= 0.3 is 0 Å². The highest BCUT2D eigenvalue weighted by atomic mass is 32.1. The summed E-state index contributed by atoms with van der Waals surface area (Å²) in [7, 11) is 0. The van der Waals surface area contributed by atoms with E-state index in [9.17, 15) is 9.59 Å². The summed E-state index contributed by atoms with van der Waals surface area (Å²) in [6, 6.07) is 18.5. The van der Waals surface area contributed by atoms with Gasteiger partial charge in [0.05, 0.1) is 5.69 Å². The summed E-state index contributed by atoms with van der Waals surface area (Å²) in [5.41, 5.74) is 1.26. The zero-order valence-corrected chi connectivity index (χ0v) is 15.9. The Morgan fingerprint density at radius 1 is 0.966 bits per heavy atom. The number of nitrogens with zero attached hydrogens (tertiary/aromatic N) is 1. The van der Waals surface area contributed by atoms with Crippen LogP contribution in [-0.4, -0.2) is 23.7 Å². The second-order valence-corrected chi connectivity index (χ2v) is 6.96. The van der Waals surface area contributed by atoms with E-state index in [2.05, 4.69) is 5.32 Å². The summed E-state index contributed by atoms with van der Waals surface area (Å²) in [5, 5.41) is 4.51. The highest BCUT2D eigenvalue weighted by Crippen LogP contribution is 2.34. The number of hydrogen-bond acceptors (Lipinski definition) is 5. The van der Waals surface area contributed by atoms with E-state index in [4.69, 9.17) is 21.7 Å². The highest BCUT2D eigenvalue weighted by molar-refractivity contribution is 7.80. The minimum Gasteiger partial charge on any atom is -0.454 e. The van der Waals surface area contributed by atoms with Crippen LogP contribution in [0.25, 0.3) is 16.8 Å². The first-order valence-electron chi connectivity index (χ1n) is 8.91. The molecule has 29 heavy (non-hydrogen) atoms. The van der Waals surface area contributed by atoms with Crippen molar-refractivity contribution in [2.45, 2.75) is 0 Å². The highest BCUT2D eigenvalue weighted by Gasteiger charge is 2.35. The number of thiocarbonyl (C=S) groups is 1. The molecule has 0 atom stereocenters. The van der Waals surface area contributed by atoms with Gasteiger partial charge in [-0.15, -0.1) is 0 Å². The summed E-state index contributed by atoms with van der Waals surface area (Å²) in [5.74, 6) is 0.191. The molecule has 0 radical (unpaired) electrons. The minimum atomic E-state index is -0.533. The lowest BCUT2D eigenvalue weighted by molar-refractivity contribution is -0.122. The molecule has 142 valence electrons. The normalized spacial score (nSPS) is 17.2. The Morgan fingerprint density at radius 3 is 2.66 bits per heavy atom. The lowest BCUT2D eigenvalue weighted by Crippen LogP contribution is -2.54. The van der Waals surface area contributed by atoms with Crippen LogP contribution in [0.4, 0.5) is 5.69 Å². The Morgan fingerprint density at radius 2 is 1.76 bits per heavy atom. The van der Waals surface area contributed by atoms with Crippen LogP contribution in [0.3, 0.4) is 0 Å².